The molecule has 2 aromatic rings. The number of rotatable bonds is 4. The Bertz CT molecular complexity index is 823. The minimum atomic E-state index is -0.370. The van der Waals surface area contributed by atoms with Crippen molar-refractivity contribution < 1.29 is 14.3 Å². The SMILES string of the molecule is Cc1ccc(/C=C/C(=O)c2cccc(N3CCOC3=O)c2)c(C)c1. The van der Waals surface area contributed by atoms with E-state index in [2.05, 4.69) is 6.07 Å². The first-order valence-corrected chi connectivity index (χ1v) is 7.88. The summed E-state index contributed by atoms with van der Waals surface area (Å²) in [5.74, 6) is -0.0932. The van der Waals surface area contributed by atoms with Crippen molar-refractivity contribution in [1.82, 2.24) is 0 Å². The highest BCUT2D eigenvalue weighted by Crippen LogP contribution is 2.21. The summed E-state index contributed by atoms with van der Waals surface area (Å²) in [6.45, 7) is 4.95. The predicted molar refractivity (Wildman–Crippen MR) is 94.4 cm³/mol. The smallest absolute Gasteiger partial charge is 0.414 e. The van der Waals surface area contributed by atoms with Crippen LogP contribution in [0.4, 0.5) is 10.5 Å². The molecule has 1 aliphatic rings. The molecule has 122 valence electrons. The van der Waals surface area contributed by atoms with E-state index in [0.717, 1.165) is 11.1 Å². The van der Waals surface area contributed by atoms with Crippen LogP contribution in [0.1, 0.15) is 27.0 Å². The summed E-state index contributed by atoms with van der Waals surface area (Å²) in [6, 6.07) is 13.2. The highest BCUT2D eigenvalue weighted by molar-refractivity contribution is 6.07. The lowest BCUT2D eigenvalue weighted by Crippen LogP contribution is -2.23. The van der Waals surface area contributed by atoms with E-state index in [1.54, 1.807) is 30.3 Å². The number of cyclic esters (lactones) is 1. The van der Waals surface area contributed by atoms with Crippen LogP contribution in [-0.2, 0) is 4.74 Å². The molecule has 1 heterocycles. The maximum absolute atomic E-state index is 12.4. The Balaban J connectivity index is 1.80. The van der Waals surface area contributed by atoms with Crippen LogP contribution < -0.4 is 4.90 Å². The number of hydrogen-bond acceptors (Lipinski definition) is 3. The van der Waals surface area contributed by atoms with Gasteiger partial charge in [0.05, 0.1) is 6.54 Å². The Morgan fingerprint density at radius 2 is 2.00 bits per heavy atom. The molecule has 1 fully saturated rings. The molecule has 0 aromatic heterocycles. The van der Waals surface area contributed by atoms with Crippen molar-refractivity contribution in [3.63, 3.8) is 0 Å². The fraction of sp³-hybridized carbons (Fsp3) is 0.200. The summed E-state index contributed by atoms with van der Waals surface area (Å²) >= 11 is 0. The van der Waals surface area contributed by atoms with Gasteiger partial charge in [-0.1, -0.05) is 42.0 Å². The number of nitrogens with zero attached hydrogens (tertiary/aromatic N) is 1. The van der Waals surface area contributed by atoms with E-state index >= 15 is 0 Å². The molecular formula is C20H19NO3. The summed E-state index contributed by atoms with van der Waals surface area (Å²) in [6.07, 6.45) is 3.03. The monoisotopic (exact) mass is 321 g/mol. The lowest BCUT2D eigenvalue weighted by molar-refractivity contribution is 0.104. The van der Waals surface area contributed by atoms with Gasteiger partial charge in [0.15, 0.2) is 5.78 Å². The molecule has 4 heteroatoms. The zero-order valence-electron chi connectivity index (χ0n) is 13.8. The highest BCUT2D eigenvalue weighted by Gasteiger charge is 2.23. The maximum Gasteiger partial charge on any atom is 0.414 e. The molecule has 1 aliphatic heterocycles. The van der Waals surface area contributed by atoms with Gasteiger partial charge in [-0.3, -0.25) is 9.69 Å². The molecule has 0 atom stereocenters. The van der Waals surface area contributed by atoms with Crippen molar-refractivity contribution in [2.75, 3.05) is 18.1 Å². The third-order valence-corrected chi connectivity index (χ3v) is 4.04. The van der Waals surface area contributed by atoms with Gasteiger partial charge < -0.3 is 4.74 Å². The van der Waals surface area contributed by atoms with E-state index in [9.17, 15) is 9.59 Å². The summed E-state index contributed by atoms with van der Waals surface area (Å²) in [5, 5.41) is 0. The largest absolute Gasteiger partial charge is 0.447 e. The molecule has 0 saturated carbocycles. The van der Waals surface area contributed by atoms with Gasteiger partial charge in [0.1, 0.15) is 6.61 Å². The zero-order chi connectivity index (χ0) is 17.1. The Labute approximate surface area is 141 Å². The first-order valence-electron chi connectivity index (χ1n) is 7.88. The van der Waals surface area contributed by atoms with Crippen molar-refractivity contribution in [1.29, 1.82) is 0 Å². The average Bonchev–Trinajstić information content (AvgIpc) is 3.00. The van der Waals surface area contributed by atoms with E-state index < -0.39 is 0 Å². The molecule has 0 spiro atoms. The fourth-order valence-corrected chi connectivity index (χ4v) is 2.73. The molecule has 3 rings (SSSR count). The summed E-state index contributed by atoms with van der Waals surface area (Å²) in [5.41, 5.74) is 4.58. The van der Waals surface area contributed by atoms with Crippen LogP contribution in [0.25, 0.3) is 6.08 Å². The van der Waals surface area contributed by atoms with Gasteiger partial charge in [0.25, 0.3) is 0 Å². The molecule has 0 aliphatic carbocycles. The number of benzene rings is 2. The number of anilines is 1. The van der Waals surface area contributed by atoms with Crippen LogP contribution in [0, 0.1) is 13.8 Å². The normalized spacial score (nSPS) is 14.2. The minimum absolute atomic E-state index is 0.0932. The highest BCUT2D eigenvalue weighted by atomic mass is 16.6. The Kier molecular flexibility index (Phi) is 4.47. The number of aryl methyl sites for hydroxylation is 2. The van der Waals surface area contributed by atoms with Crippen LogP contribution in [0.3, 0.4) is 0 Å². The van der Waals surface area contributed by atoms with Gasteiger partial charge in [-0.15, -0.1) is 0 Å². The Morgan fingerprint density at radius 3 is 2.71 bits per heavy atom. The minimum Gasteiger partial charge on any atom is -0.447 e. The second-order valence-electron chi connectivity index (χ2n) is 5.87. The molecule has 1 saturated heterocycles. The third kappa shape index (κ3) is 3.38. The number of ether oxygens (including phenoxy) is 1. The number of carbonyl (C=O) groups excluding carboxylic acids is 2. The van der Waals surface area contributed by atoms with E-state index in [1.165, 1.54) is 10.5 Å². The van der Waals surface area contributed by atoms with Crippen molar-refractivity contribution in [2.24, 2.45) is 0 Å². The molecule has 1 amide bonds. The van der Waals surface area contributed by atoms with E-state index in [0.29, 0.717) is 24.4 Å². The van der Waals surface area contributed by atoms with Crippen LogP contribution in [0.2, 0.25) is 0 Å². The summed E-state index contributed by atoms with van der Waals surface area (Å²) < 4.78 is 4.94. The number of amides is 1. The molecule has 4 nitrogen and oxygen atoms in total. The van der Waals surface area contributed by atoms with Gasteiger partial charge >= 0.3 is 6.09 Å². The predicted octanol–water partition coefficient (Wildman–Crippen LogP) is 4.16. The first kappa shape index (κ1) is 16.0. The fourth-order valence-electron chi connectivity index (χ4n) is 2.73. The maximum atomic E-state index is 12.4. The number of carbonyl (C=O) groups is 2. The number of allylic oxidation sites excluding steroid dienone is 1. The van der Waals surface area contributed by atoms with Gasteiger partial charge in [0, 0.05) is 11.3 Å². The van der Waals surface area contributed by atoms with Gasteiger partial charge in [-0.25, -0.2) is 4.79 Å². The first-order chi connectivity index (χ1) is 11.5. The Hall–Kier alpha value is -2.88. The van der Waals surface area contributed by atoms with Crippen LogP contribution in [-0.4, -0.2) is 25.0 Å². The molecular weight excluding hydrogens is 302 g/mol. The summed E-state index contributed by atoms with van der Waals surface area (Å²) in [4.78, 5) is 25.6. The second kappa shape index (κ2) is 6.71. The average molecular weight is 321 g/mol. The van der Waals surface area contributed by atoms with Crippen molar-refractivity contribution in [3.8, 4) is 0 Å². The molecule has 0 radical (unpaired) electrons. The number of hydrogen-bond donors (Lipinski definition) is 0. The lowest BCUT2D eigenvalue weighted by atomic mass is 10.0. The standard InChI is InChI=1S/C20H19NO3/c1-14-6-7-16(15(2)12-14)8-9-19(22)17-4-3-5-18(13-17)21-10-11-24-20(21)23/h3-9,12-13H,10-11H2,1-2H3/b9-8+. The van der Waals surface area contributed by atoms with E-state index in [-0.39, 0.29) is 11.9 Å². The van der Waals surface area contributed by atoms with Gasteiger partial charge in [-0.2, -0.15) is 0 Å². The molecule has 0 bridgehead atoms. The lowest BCUT2D eigenvalue weighted by Gasteiger charge is -2.13. The second-order valence-corrected chi connectivity index (χ2v) is 5.87. The van der Waals surface area contributed by atoms with Crippen molar-refractivity contribution in [2.45, 2.75) is 13.8 Å². The van der Waals surface area contributed by atoms with Gasteiger partial charge in [0.2, 0.25) is 0 Å². The molecule has 24 heavy (non-hydrogen) atoms. The van der Waals surface area contributed by atoms with E-state index in [4.69, 9.17) is 4.74 Å². The Morgan fingerprint density at radius 1 is 1.17 bits per heavy atom. The quantitative estimate of drug-likeness (QED) is 0.627. The molecule has 0 unspecified atom stereocenters. The van der Waals surface area contributed by atoms with E-state index in [1.807, 2.05) is 32.1 Å². The van der Waals surface area contributed by atoms with Crippen LogP contribution >= 0.6 is 0 Å². The zero-order valence-corrected chi connectivity index (χ0v) is 13.8. The van der Waals surface area contributed by atoms with Crippen LogP contribution in [0.5, 0.6) is 0 Å². The summed E-state index contributed by atoms with van der Waals surface area (Å²) in [7, 11) is 0. The van der Waals surface area contributed by atoms with Crippen molar-refractivity contribution in [3.05, 3.63) is 70.8 Å². The molecule has 2 aromatic carbocycles. The number of ketones is 1. The van der Waals surface area contributed by atoms with Gasteiger partial charge in [-0.05, 0) is 43.2 Å². The molecule has 0 N–H and O–H groups in total. The topological polar surface area (TPSA) is 46.6 Å². The van der Waals surface area contributed by atoms with Crippen molar-refractivity contribution >= 4 is 23.6 Å². The third-order valence-electron chi connectivity index (χ3n) is 4.04. The van der Waals surface area contributed by atoms with Crippen LogP contribution in [0.15, 0.2) is 48.5 Å².